The molecule has 1 aromatic heterocycles. The molecule has 0 unspecified atom stereocenters. The molecule has 0 aliphatic carbocycles. The van der Waals surface area contributed by atoms with Crippen LogP contribution in [0, 0.1) is 5.92 Å². The van der Waals surface area contributed by atoms with Crippen LogP contribution in [0.5, 0.6) is 0 Å². The number of nitrogens with zero attached hydrogens (tertiary/aromatic N) is 2. The highest BCUT2D eigenvalue weighted by atomic mass is 35.5. The lowest BCUT2D eigenvalue weighted by Gasteiger charge is -2.22. The molecule has 3 aromatic rings. The molecule has 2 aromatic carbocycles. The van der Waals surface area contributed by atoms with Crippen molar-refractivity contribution < 1.29 is 9.36 Å². The van der Waals surface area contributed by atoms with Crippen LogP contribution in [0.1, 0.15) is 23.2 Å². The Balaban J connectivity index is 1.41. The lowest BCUT2D eigenvalue weighted by molar-refractivity contribution is 0.0944. The molecule has 8 nitrogen and oxygen atoms in total. The molecule has 0 spiro atoms. The molecule has 0 saturated carbocycles. The summed E-state index contributed by atoms with van der Waals surface area (Å²) in [6, 6.07) is 14.5. The maximum Gasteiger partial charge on any atom is 0.251 e. The number of carbonyl (C=O) groups is 1. The second kappa shape index (κ2) is 11.2. The Morgan fingerprint density at radius 2 is 1.80 bits per heavy atom. The van der Waals surface area contributed by atoms with E-state index in [0.29, 0.717) is 40.5 Å². The zero-order valence-corrected chi connectivity index (χ0v) is 21.5. The highest BCUT2D eigenvalue weighted by molar-refractivity contribution is 7.70. The second-order valence-electron chi connectivity index (χ2n) is 8.99. The van der Waals surface area contributed by atoms with Gasteiger partial charge in [0.1, 0.15) is 12.2 Å². The molecule has 35 heavy (non-hydrogen) atoms. The fourth-order valence-electron chi connectivity index (χ4n) is 3.95. The summed E-state index contributed by atoms with van der Waals surface area (Å²) in [5.41, 5.74) is 2.02. The number of hydrogen-bond donors (Lipinski definition) is 4. The van der Waals surface area contributed by atoms with Crippen LogP contribution in [0.3, 0.4) is 0 Å². The van der Waals surface area contributed by atoms with E-state index >= 15 is 0 Å². The molecule has 1 fully saturated rings. The lowest BCUT2D eigenvalue weighted by atomic mass is 9.98. The number of halogens is 1. The maximum atomic E-state index is 12.7. The number of hydrogen-bond acceptors (Lipinski definition) is 7. The van der Waals surface area contributed by atoms with Gasteiger partial charge in [-0.25, -0.2) is 4.98 Å². The molecule has 1 amide bonds. The van der Waals surface area contributed by atoms with Crippen molar-refractivity contribution in [1.82, 2.24) is 20.6 Å². The first-order chi connectivity index (χ1) is 16.8. The molecule has 184 valence electrons. The summed E-state index contributed by atoms with van der Waals surface area (Å²) in [6.45, 7) is 6.16. The topological polar surface area (TPSA) is 108 Å². The summed E-state index contributed by atoms with van der Waals surface area (Å²) in [7, 11) is -2.50. The fourth-order valence-corrected chi connectivity index (χ4v) is 5.24. The van der Waals surface area contributed by atoms with Crippen LogP contribution in [0.15, 0.2) is 54.7 Å². The number of anilines is 4. The summed E-state index contributed by atoms with van der Waals surface area (Å²) >= 11 is 6.32. The Morgan fingerprint density at radius 3 is 2.51 bits per heavy atom. The van der Waals surface area contributed by atoms with E-state index in [1.165, 1.54) is 6.20 Å². The van der Waals surface area contributed by atoms with Gasteiger partial charge in [0.2, 0.25) is 5.95 Å². The quantitative estimate of drug-likeness (QED) is 0.327. The molecule has 1 aliphatic rings. The highest BCUT2D eigenvalue weighted by Crippen LogP contribution is 2.38. The van der Waals surface area contributed by atoms with Gasteiger partial charge in [0, 0.05) is 23.1 Å². The summed E-state index contributed by atoms with van der Waals surface area (Å²) in [4.78, 5) is 21.2. The number of amides is 1. The Morgan fingerprint density at radius 1 is 1.09 bits per heavy atom. The smallest absolute Gasteiger partial charge is 0.251 e. The van der Waals surface area contributed by atoms with Gasteiger partial charge in [-0.2, -0.15) is 4.98 Å². The minimum absolute atomic E-state index is 0.0767. The van der Waals surface area contributed by atoms with E-state index in [0.717, 1.165) is 36.9 Å². The summed E-state index contributed by atoms with van der Waals surface area (Å²) < 4.78 is 12.7. The van der Waals surface area contributed by atoms with Crippen LogP contribution in [0.4, 0.5) is 23.1 Å². The SMILES string of the molecule is CP(C)(=O)c1ccccc1Nc1nc(Nc2ccc(C(=O)NCC3CCNCC3)cc2)ncc1Cl. The molecular formula is C25H30ClN6O2P. The summed E-state index contributed by atoms with van der Waals surface area (Å²) in [5.74, 6) is 1.19. The number of nitrogens with one attached hydrogen (secondary N) is 4. The van der Waals surface area contributed by atoms with Crippen molar-refractivity contribution in [2.24, 2.45) is 5.92 Å². The average Bonchev–Trinajstić information content (AvgIpc) is 2.85. The van der Waals surface area contributed by atoms with E-state index in [1.807, 2.05) is 36.4 Å². The molecule has 4 N–H and O–H groups in total. The van der Waals surface area contributed by atoms with Crippen molar-refractivity contribution in [2.45, 2.75) is 12.8 Å². The van der Waals surface area contributed by atoms with E-state index in [-0.39, 0.29) is 5.91 Å². The zero-order valence-electron chi connectivity index (χ0n) is 19.8. The predicted octanol–water partition coefficient (Wildman–Crippen LogP) is 4.59. The number of aromatic nitrogens is 2. The van der Waals surface area contributed by atoms with Gasteiger partial charge in [-0.15, -0.1) is 0 Å². The molecule has 0 atom stereocenters. The second-order valence-corrected chi connectivity index (χ2v) is 12.6. The van der Waals surface area contributed by atoms with Crippen LogP contribution in [0.2, 0.25) is 5.02 Å². The summed E-state index contributed by atoms with van der Waals surface area (Å²) in [5, 5.41) is 13.8. The monoisotopic (exact) mass is 512 g/mol. The van der Waals surface area contributed by atoms with Gasteiger partial charge in [0.15, 0.2) is 5.82 Å². The van der Waals surface area contributed by atoms with Gasteiger partial charge in [-0.05, 0) is 81.6 Å². The number of carbonyl (C=O) groups excluding carboxylic acids is 1. The van der Waals surface area contributed by atoms with Crippen LogP contribution in [-0.2, 0) is 4.57 Å². The molecule has 1 saturated heterocycles. The van der Waals surface area contributed by atoms with Gasteiger partial charge in [0.25, 0.3) is 5.91 Å². The summed E-state index contributed by atoms with van der Waals surface area (Å²) in [6.07, 6.45) is 3.67. The Bertz CT molecular complexity index is 1220. The molecule has 2 heterocycles. The Hall–Kier alpha value is -2.93. The molecule has 10 heteroatoms. The van der Waals surface area contributed by atoms with Gasteiger partial charge >= 0.3 is 0 Å². The van der Waals surface area contributed by atoms with E-state index in [9.17, 15) is 9.36 Å². The first kappa shape index (κ1) is 25.2. The number of benzene rings is 2. The molecule has 1 aliphatic heterocycles. The normalized spacial score (nSPS) is 14.4. The van der Waals surface area contributed by atoms with Gasteiger partial charge < -0.3 is 25.8 Å². The third-order valence-corrected chi connectivity index (χ3v) is 7.72. The number of para-hydroxylation sites is 1. The third kappa shape index (κ3) is 6.82. The van der Waals surface area contributed by atoms with Crippen LogP contribution >= 0.6 is 18.7 Å². The fraction of sp³-hybridized carbons (Fsp3) is 0.320. The van der Waals surface area contributed by atoms with Crippen LogP contribution < -0.4 is 26.6 Å². The third-order valence-electron chi connectivity index (χ3n) is 5.89. The van der Waals surface area contributed by atoms with Crippen molar-refractivity contribution in [3.8, 4) is 0 Å². The minimum Gasteiger partial charge on any atom is -0.352 e. The van der Waals surface area contributed by atoms with E-state index < -0.39 is 7.14 Å². The Labute approximate surface area is 210 Å². The number of piperidine rings is 1. The first-order valence-electron chi connectivity index (χ1n) is 11.6. The maximum absolute atomic E-state index is 12.7. The first-order valence-corrected chi connectivity index (χ1v) is 14.6. The van der Waals surface area contributed by atoms with Crippen molar-refractivity contribution in [1.29, 1.82) is 0 Å². The van der Waals surface area contributed by atoms with Gasteiger partial charge in [-0.3, -0.25) is 4.79 Å². The van der Waals surface area contributed by atoms with E-state index in [1.54, 1.807) is 25.5 Å². The van der Waals surface area contributed by atoms with Crippen molar-refractivity contribution >= 4 is 53.1 Å². The zero-order chi connectivity index (χ0) is 24.8. The standard InChI is InChI=1S/C25H30ClN6O2P/c1-35(2,34)22-6-4-3-5-21(22)31-23-20(26)16-29-25(32-23)30-19-9-7-18(8-10-19)24(33)28-15-17-11-13-27-14-12-17/h3-10,16-17,27H,11-15H2,1-2H3,(H,28,33)(H2,29,30,31,32). The van der Waals surface area contributed by atoms with Gasteiger partial charge in [-0.1, -0.05) is 23.7 Å². The molecule has 0 bridgehead atoms. The van der Waals surface area contributed by atoms with E-state index in [4.69, 9.17) is 11.6 Å². The van der Waals surface area contributed by atoms with E-state index in [2.05, 4.69) is 31.2 Å². The average molecular weight is 513 g/mol. The molecule has 4 rings (SSSR count). The molecular weight excluding hydrogens is 483 g/mol. The largest absolute Gasteiger partial charge is 0.352 e. The van der Waals surface area contributed by atoms with Crippen molar-refractivity contribution in [3.05, 3.63) is 65.3 Å². The minimum atomic E-state index is -2.50. The Kier molecular flexibility index (Phi) is 8.06. The van der Waals surface area contributed by atoms with Gasteiger partial charge in [0.05, 0.1) is 11.9 Å². The van der Waals surface area contributed by atoms with Crippen LogP contribution in [-0.4, -0.2) is 48.8 Å². The van der Waals surface area contributed by atoms with Crippen LogP contribution in [0.25, 0.3) is 0 Å². The highest BCUT2D eigenvalue weighted by Gasteiger charge is 2.17. The van der Waals surface area contributed by atoms with Crippen molar-refractivity contribution in [3.63, 3.8) is 0 Å². The number of rotatable bonds is 8. The predicted molar refractivity (Wildman–Crippen MR) is 144 cm³/mol. The lowest BCUT2D eigenvalue weighted by Crippen LogP contribution is -2.35. The van der Waals surface area contributed by atoms with Crippen molar-refractivity contribution in [2.75, 3.05) is 43.6 Å². The molecule has 0 radical (unpaired) electrons.